The fourth-order valence-corrected chi connectivity index (χ4v) is 5.62. The van der Waals surface area contributed by atoms with E-state index in [0.29, 0.717) is 22.3 Å². The maximum Gasteiger partial charge on any atom is 4.00 e. The summed E-state index contributed by atoms with van der Waals surface area (Å²) in [6.45, 7) is 6.52. The Morgan fingerprint density at radius 1 is 0.407 bits per heavy atom. The number of rotatable bonds is 6. The van der Waals surface area contributed by atoms with Crippen molar-refractivity contribution < 1.29 is 101 Å². The molecule has 0 heterocycles. The van der Waals surface area contributed by atoms with Crippen molar-refractivity contribution in [2.75, 3.05) is 0 Å². The summed E-state index contributed by atoms with van der Waals surface area (Å²) in [6.07, 6.45) is 0. The summed E-state index contributed by atoms with van der Waals surface area (Å²) in [5.41, 5.74) is -0.473. The first-order valence-corrected chi connectivity index (χ1v) is 16.3. The number of halogens is 12. The molecule has 6 aromatic rings. The maximum atomic E-state index is 14.1. The molecule has 0 saturated heterocycles. The predicted molar refractivity (Wildman–Crippen MR) is 187 cm³/mol. The molecular weight excluding hydrogens is 873 g/mol. The van der Waals surface area contributed by atoms with E-state index in [4.69, 9.17) is 0 Å². The number of hydrogen-bond donors (Lipinski definition) is 0. The number of hydrogen-bond acceptors (Lipinski definition) is 4. The minimum absolute atomic E-state index is 0. The van der Waals surface area contributed by atoms with Gasteiger partial charge in [0.15, 0.2) is 46.5 Å². The summed E-state index contributed by atoms with van der Waals surface area (Å²) in [5.74, 6) is -22.2. The normalized spacial score (nSPS) is 11.2. The van der Waals surface area contributed by atoms with Crippen LogP contribution in [0.3, 0.4) is 0 Å². The van der Waals surface area contributed by atoms with Crippen LogP contribution in [0.1, 0.15) is 44.5 Å². The fourth-order valence-electron chi connectivity index (χ4n) is 5.62. The number of benzene rings is 6. The van der Waals surface area contributed by atoms with Gasteiger partial charge in [-0.2, -0.15) is 0 Å². The summed E-state index contributed by atoms with van der Waals surface area (Å²) in [6, 6.07) is 21.9. The van der Waals surface area contributed by atoms with Gasteiger partial charge in [-0.3, -0.25) is 0 Å². The second-order valence-electron chi connectivity index (χ2n) is 12.4. The van der Waals surface area contributed by atoms with Crippen molar-refractivity contribution >= 4 is 22.8 Å². The maximum absolute atomic E-state index is 14.1. The molecule has 0 amide bonds. The molecule has 0 saturated carbocycles. The van der Waals surface area contributed by atoms with E-state index in [1.807, 2.05) is 0 Å². The van der Waals surface area contributed by atoms with Crippen molar-refractivity contribution in [1.29, 1.82) is 0 Å². The molecule has 4 nitrogen and oxygen atoms in total. The Balaban J connectivity index is 0.000000387. The van der Waals surface area contributed by atoms with Gasteiger partial charge in [0, 0.05) is 11.1 Å². The van der Waals surface area contributed by atoms with E-state index in [-0.39, 0.29) is 80.2 Å². The first-order chi connectivity index (χ1) is 26.4. The molecule has 0 aromatic heterocycles. The second kappa shape index (κ2) is 20.7. The molecule has 0 N–H and O–H groups in total. The smallest absolute Gasteiger partial charge is 1.00 e. The quantitative estimate of drug-likeness (QED) is 0.0815. The Kier molecular flexibility index (Phi) is 17.5. The van der Waals surface area contributed by atoms with E-state index in [0.717, 1.165) is 0 Å². The summed E-state index contributed by atoms with van der Waals surface area (Å²) in [4.78, 5) is 7.45. The van der Waals surface area contributed by atoms with E-state index in [2.05, 4.69) is 9.98 Å². The standard InChI is InChI=1S/2C21H14F5NO.2ClH.Ti/c2*1-10-8-11(2)21(28)13(9-10)19(12-6-4-3-5-7-12)27-20-17(25)15(23)14(22)16(24)18(20)26;;;/h2*3-9,28H,1-2H3;2*1H;/q;;;;+4/p-4. The zero-order valence-corrected chi connectivity index (χ0v) is 33.9. The molecule has 0 atom stereocenters. The number of nitrogens with zero attached hydrogens (tertiary/aromatic N) is 2. The average Bonchev–Trinajstić information content (AvgIpc) is 3.19. The van der Waals surface area contributed by atoms with Crippen LogP contribution in [0.4, 0.5) is 55.3 Å². The van der Waals surface area contributed by atoms with E-state index in [9.17, 15) is 54.1 Å². The SMILES string of the molecule is Cc1cc(C)c([O-])c(C(=Nc2c(F)c(F)c(F)c(F)c2F)c2ccccc2)c1.Cc1cc(C)c([O-])c(C(=Nc2c(F)c(F)c(F)c(F)c2F)c2ccccc2)c1.[Cl-].[Cl-].[Ti+4]. The van der Waals surface area contributed by atoms with Crippen molar-refractivity contribution in [3.05, 3.63) is 188 Å². The fraction of sp³-hybridized carbons (Fsp3) is 0.0952. The Morgan fingerprint density at radius 3 is 0.932 bits per heavy atom. The summed E-state index contributed by atoms with van der Waals surface area (Å²) >= 11 is 0. The van der Waals surface area contributed by atoms with Crippen LogP contribution in [0.25, 0.3) is 0 Å². The summed E-state index contributed by atoms with van der Waals surface area (Å²) in [7, 11) is 0. The van der Waals surface area contributed by atoms with E-state index < -0.39 is 81.0 Å². The molecule has 304 valence electrons. The van der Waals surface area contributed by atoms with Crippen LogP contribution in [-0.2, 0) is 21.7 Å². The van der Waals surface area contributed by atoms with Gasteiger partial charge in [-0.25, -0.2) is 53.9 Å². The van der Waals surface area contributed by atoms with Gasteiger partial charge < -0.3 is 35.0 Å². The van der Waals surface area contributed by atoms with Gasteiger partial charge >= 0.3 is 21.7 Å². The molecule has 0 aliphatic heterocycles. The molecule has 0 radical (unpaired) electrons. The van der Waals surface area contributed by atoms with Gasteiger partial charge in [0.05, 0.1) is 11.4 Å². The topological polar surface area (TPSA) is 70.8 Å². The largest absolute Gasteiger partial charge is 4.00 e. The molecular formula is C42H26Cl2F10N2O2Ti. The van der Waals surface area contributed by atoms with Crippen molar-refractivity contribution in [3.63, 3.8) is 0 Å². The first-order valence-electron chi connectivity index (χ1n) is 16.3. The minimum atomic E-state index is -2.27. The van der Waals surface area contributed by atoms with Crippen LogP contribution < -0.4 is 35.0 Å². The molecule has 0 bridgehead atoms. The van der Waals surface area contributed by atoms with Crippen LogP contribution in [-0.4, -0.2) is 11.4 Å². The predicted octanol–water partition coefficient (Wildman–Crippen LogP) is 4.49. The Morgan fingerprint density at radius 2 is 0.661 bits per heavy atom. The van der Waals surface area contributed by atoms with E-state index in [1.165, 1.54) is 36.4 Å². The number of aryl methyl sites for hydroxylation is 4. The molecule has 59 heavy (non-hydrogen) atoms. The van der Waals surface area contributed by atoms with Crippen LogP contribution in [0.5, 0.6) is 11.5 Å². The molecule has 0 aliphatic rings. The second-order valence-corrected chi connectivity index (χ2v) is 12.4. The molecule has 0 fully saturated rings. The van der Waals surface area contributed by atoms with Gasteiger partial charge in [-0.1, -0.05) is 119 Å². The van der Waals surface area contributed by atoms with Crippen LogP contribution >= 0.6 is 0 Å². The first kappa shape index (κ1) is 50.0. The van der Waals surface area contributed by atoms with Crippen molar-refractivity contribution in [2.24, 2.45) is 9.98 Å². The van der Waals surface area contributed by atoms with Crippen LogP contribution in [0.2, 0.25) is 0 Å². The van der Waals surface area contributed by atoms with E-state index >= 15 is 0 Å². The van der Waals surface area contributed by atoms with Gasteiger partial charge in [-0.05, 0) is 38.8 Å². The van der Waals surface area contributed by atoms with Gasteiger partial charge in [0.2, 0.25) is 11.6 Å². The average molecular weight is 899 g/mol. The molecule has 6 aromatic carbocycles. The Labute approximate surface area is 358 Å². The third-order valence-electron chi connectivity index (χ3n) is 8.26. The van der Waals surface area contributed by atoms with Crippen molar-refractivity contribution in [3.8, 4) is 11.5 Å². The monoisotopic (exact) mass is 898 g/mol. The van der Waals surface area contributed by atoms with Gasteiger partial charge in [0.25, 0.3) is 0 Å². The molecule has 0 aliphatic carbocycles. The van der Waals surface area contributed by atoms with Gasteiger partial charge in [-0.15, -0.1) is 0 Å². The number of aliphatic imine (C=N–C) groups is 2. The Bertz CT molecular complexity index is 2330. The zero-order chi connectivity index (χ0) is 41.2. The van der Waals surface area contributed by atoms with Crippen LogP contribution in [0.15, 0.2) is 94.9 Å². The summed E-state index contributed by atoms with van der Waals surface area (Å²) < 4.78 is 138. The van der Waals surface area contributed by atoms with Crippen LogP contribution in [0, 0.1) is 85.9 Å². The zero-order valence-electron chi connectivity index (χ0n) is 30.8. The third-order valence-corrected chi connectivity index (χ3v) is 8.26. The summed E-state index contributed by atoms with van der Waals surface area (Å²) in [5, 5.41) is 25.2. The third kappa shape index (κ3) is 10.4. The van der Waals surface area contributed by atoms with Crippen molar-refractivity contribution in [1.82, 2.24) is 0 Å². The molecule has 0 unspecified atom stereocenters. The van der Waals surface area contributed by atoms with Gasteiger partial charge in [0.1, 0.15) is 11.4 Å². The Hall–Kier alpha value is -5.15. The minimum Gasteiger partial charge on any atom is -1.00 e. The van der Waals surface area contributed by atoms with Crippen molar-refractivity contribution in [2.45, 2.75) is 27.7 Å². The molecule has 17 heteroatoms. The molecule has 0 spiro atoms. The molecule has 6 rings (SSSR count). The van der Waals surface area contributed by atoms with E-state index in [1.54, 1.807) is 76.2 Å².